The van der Waals surface area contributed by atoms with Gasteiger partial charge in [0.15, 0.2) is 0 Å². The standard InChI is InChI=1S/C35H42N4O4/c1-25-27(9-14-33(36-25)43-31-12-10-28(11-13-31)35(2,3)41)23-37-19-15-30(16-20-37)39-32(26-7-5-4-6-8-26)24-38(34(39)40)29-17-21-42-22-18-29/h5,7-14,29-30,32,41H,15-24H2,1-3H3/t32-/m0/s1. The van der Waals surface area contributed by atoms with Gasteiger partial charge in [-0.15, -0.1) is 0 Å². The van der Waals surface area contributed by atoms with Crippen molar-refractivity contribution in [3.05, 3.63) is 89.1 Å². The minimum absolute atomic E-state index is 0.0445. The molecule has 0 unspecified atom stereocenters. The highest BCUT2D eigenvalue weighted by molar-refractivity contribution is 5.78. The number of aromatic nitrogens is 1. The molecule has 3 fully saturated rings. The van der Waals surface area contributed by atoms with Crippen LogP contribution in [0.4, 0.5) is 4.79 Å². The zero-order valence-corrected chi connectivity index (χ0v) is 25.5. The lowest BCUT2D eigenvalue weighted by atomic mass is 9.99. The van der Waals surface area contributed by atoms with Gasteiger partial charge in [0.1, 0.15) is 5.75 Å². The van der Waals surface area contributed by atoms with E-state index in [-0.39, 0.29) is 24.2 Å². The summed E-state index contributed by atoms with van der Waals surface area (Å²) in [6.45, 7) is 10.4. The van der Waals surface area contributed by atoms with Crippen LogP contribution in [-0.2, 0) is 16.9 Å². The average Bonchev–Trinajstić information content (AvgIpc) is 3.36. The molecular weight excluding hydrogens is 540 g/mol. The monoisotopic (exact) mass is 582 g/mol. The number of hydrogen-bond acceptors (Lipinski definition) is 6. The predicted molar refractivity (Wildman–Crippen MR) is 164 cm³/mol. The zero-order valence-electron chi connectivity index (χ0n) is 25.5. The van der Waals surface area contributed by atoms with Crippen LogP contribution >= 0.6 is 0 Å². The number of ether oxygens (including phenoxy) is 2. The van der Waals surface area contributed by atoms with Crippen LogP contribution in [0, 0.1) is 19.1 Å². The molecule has 226 valence electrons. The number of nitrogens with zero attached hydrogens (tertiary/aromatic N) is 4. The Morgan fingerprint density at radius 3 is 2.40 bits per heavy atom. The maximum absolute atomic E-state index is 13.9. The number of pyridine rings is 1. The Morgan fingerprint density at radius 2 is 1.74 bits per heavy atom. The average molecular weight is 583 g/mol. The lowest BCUT2D eigenvalue weighted by Crippen LogP contribution is -2.48. The van der Waals surface area contributed by atoms with Crippen molar-refractivity contribution in [1.29, 1.82) is 0 Å². The number of benzene rings is 1. The molecular formula is C35H42N4O4. The van der Waals surface area contributed by atoms with Gasteiger partial charge in [0.05, 0.1) is 11.6 Å². The lowest BCUT2D eigenvalue weighted by Gasteiger charge is -2.39. The van der Waals surface area contributed by atoms with E-state index in [4.69, 9.17) is 14.5 Å². The number of carbonyl (C=O) groups is 1. The number of piperidine rings is 1. The van der Waals surface area contributed by atoms with Gasteiger partial charge in [0.2, 0.25) is 5.88 Å². The number of rotatable bonds is 8. The van der Waals surface area contributed by atoms with E-state index in [1.165, 1.54) is 5.56 Å². The van der Waals surface area contributed by atoms with Crippen LogP contribution in [0.3, 0.4) is 0 Å². The normalized spacial score (nSPS) is 20.8. The van der Waals surface area contributed by atoms with E-state index >= 15 is 0 Å². The molecule has 0 spiro atoms. The molecule has 2 amide bonds. The molecule has 6 rings (SSSR count). The largest absolute Gasteiger partial charge is 0.439 e. The maximum Gasteiger partial charge on any atom is 0.321 e. The van der Waals surface area contributed by atoms with Crippen LogP contribution in [0.2, 0.25) is 0 Å². The second kappa shape index (κ2) is 12.5. The number of aliphatic hydroxyl groups is 1. The van der Waals surface area contributed by atoms with E-state index in [0.717, 1.165) is 81.9 Å². The molecule has 2 aromatic carbocycles. The topological polar surface area (TPSA) is 78.4 Å². The Morgan fingerprint density at radius 1 is 1.00 bits per heavy atom. The molecule has 1 aromatic heterocycles. The Kier molecular flexibility index (Phi) is 8.58. The first-order chi connectivity index (χ1) is 20.8. The smallest absolute Gasteiger partial charge is 0.321 e. The Labute approximate surface area is 255 Å². The summed E-state index contributed by atoms with van der Waals surface area (Å²) in [6, 6.07) is 24.2. The molecule has 3 saturated heterocycles. The summed E-state index contributed by atoms with van der Waals surface area (Å²) in [6.07, 6.45) is 3.71. The molecule has 43 heavy (non-hydrogen) atoms. The van der Waals surface area contributed by atoms with Crippen molar-refractivity contribution in [2.45, 2.75) is 76.7 Å². The van der Waals surface area contributed by atoms with Crippen molar-refractivity contribution in [3.8, 4) is 11.6 Å². The molecule has 3 aliphatic heterocycles. The van der Waals surface area contributed by atoms with Gasteiger partial charge in [-0.2, -0.15) is 0 Å². The third kappa shape index (κ3) is 6.65. The second-order valence-corrected chi connectivity index (χ2v) is 12.6. The fourth-order valence-corrected chi connectivity index (χ4v) is 6.62. The quantitative estimate of drug-likeness (QED) is 0.371. The number of likely N-dealkylation sites (tertiary alicyclic amines) is 1. The molecule has 8 nitrogen and oxygen atoms in total. The third-order valence-electron chi connectivity index (χ3n) is 9.17. The van der Waals surface area contributed by atoms with E-state index in [9.17, 15) is 9.90 Å². The van der Waals surface area contributed by atoms with Crippen LogP contribution in [-0.4, -0.2) is 75.8 Å². The van der Waals surface area contributed by atoms with Crippen molar-refractivity contribution >= 4 is 6.03 Å². The van der Waals surface area contributed by atoms with Crippen LogP contribution in [0.5, 0.6) is 11.6 Å². The van der Waals surface area contributed by atoms with Crippen molar-refractivity contribution in [2.24, 2.45) is 0 Å². The minimum Gasteiger partial charge on any atom is -0.439 e. The molecule has 0 bridgehead atoms. The summed E-state index contributed by atoms with van der Waals surface area (Å²) in [5.41, 5.74) is 3.22. The van der Waals surface area contributed by atoms with E-state index in [2.05, 4.69) is 39.0 Å². The lowest BCUT2D eigenvalue weighted by molar-refractivity contribution is 0.0493. The number of hydrogen-bond donors (Lipinski definition) is 1. The molecule has 8 heteroatoms. The van der Waals surface area contributed by atoms with Gasteiger partial charge in [0.25, 0.3) is 0 Å². The van der Waals surface area contributed by atoms with Gasteiger partial charge in [-0.05, 0) is 93.5 Å². The highest BCUT2D eigenvalue weighted by Crippen LogP contribution is 2.37. The maximum atomic E-state index is 13.9. The summed E-state index contributed by atoms with van der Waals surface area (Å²) >= 11 is 0. The van der Waals surface area contributed by atoms with Gasteiger partial charge in [-0.1, -0.05) is 30.3 Å². The SMILES string of the molecule is Cc1nc(Oc2ccc(C(C)(C)O)cc2)ccc1CN1CCC(N2C(=O)N(C3CCOCC3)C[C@H]2c2cc#ccc2)CC1. The summed E-state index contributed by atoms with van der Waals surface area (Å²) in [5, 5.41) is 10.2. The minimum atomic E-state index is -0.889. The molecule has 0 aliphatic carbocycles. The molecule has 3 aliphatic rings. The van der Waals surface area contributed by atoms with Crippen molar-refractivity contribution < 1.29 is 19.4 Å². The van der Waals surface area contributed by atoms with Gasteiger partial charge in [-0.3, -0.25) is 4.90 Å². The number of amides is 2. The van der Waals surface area contributed by atoms with Crippen molar-refractivity contribution in [2.75, 3.05) is 32.8 Å². The molecule has 4 heterocycles. The summed E-state index contributed by atoms with van der Waals surface area (Å²) in [4.78, 5) is 25.3. The summed E-state index contributed by atoms with van der Waals surface area (Å²) in [5.74, 6) is 1.24. The highest BCUT2D eigenvalue weighted by atomic mass is 16.5. The van der Waals surface area contributed by atoms with E-state index in [1.54, 1.807) is 13.8 Å². The number of urea groups is 1. The Bertz CT molecular complexity index is 1380. The first kappa shape index (κ1) is 29.4. The van der Waals surface area contributed by atoms with Gasteiger partial charge in [-0.25, -0.2) is 9.78 Å². The van der Waals surface area contributed by atoms with Crippen molar-refractivity contribution in [1.82, 2.24) is 19.7 Å². The summed E-state index contributed by atoms with van der Waals surface area (Å²) < 4.78 is 11.6. The van der Waals surface area contributed by atoms with Crippen molar-refractivity contribution in [3.63, 3.8) is 0 Å². The van der Waals surface area contributed by atoms with Crippen LogP contribution in [0.1, 0.15) is 68.0 Å². The summed E-state index contributed by atoms with van der Waals surface area (Å²) in [7, 11) is 0. The number of aryl methyl sites for hydroxylation is 1. The molecule has 0 saturated carbocycles. The molecule has 0 radical (unpaired) electrons. The van der Waals surface area contributed by atoms with Crippen LogP contribution < -0.4 is 4.74 Å². The molecule has 1 atom stereocenters. The Balaban J connectivity index is 1.08. The van der Waals surface area contributed by atoms with E-state index in [0.29, 0.717) is 11.6 Å². The first-order valence-corrected chi connectivity index (χ1v) is 15.5. The molecule has 3 aromatic rings. The third-order valence-corrected chi connectivity index (χ3v) is 9.17. The second-order valence-electron chi connectivity index (χ2n) is 12.6. The van der Waals surface area contributed by atoms with E-state index in [1.807, 2.05) is 49.4 Å². The van der Waals surface area contributed by atoms with Gasteiger partial charge >= 0.3 is 6.03 Å². The van der Waals surface area contributed by atoms with Crippen LogP contribution in [0.25, 0.3) is 0 Å². The predicted octanol–water partition coefficient (Wildman–Crippen LogP) is 5.63. The molecule has 1 N–H and O–H groups in total. The fourth-order valence-electron chi connectivity index (χ4n) is 6.62. The van der Waals surface area contributed by atoms with Crippen LogP contribution in [0.15, 0.2) is 54.6 Å². The zero-order chi connectivity index (χ0) is 30.0. The van der Waals surface area contributed by atoms with E-state index < -0.39 is 5.60 Å². The van der Waals surface area contributed by atoms with Gasteiger partial charge < -0.3 is 24.4 Å². The number of carbonyl (C=O) groups excluding carboxylic acids is 1. The highest BCUT2D eigenvalue weighted by Gasteiger charge is 2.45. The van der Waals surface area contributed by atoms with Gasteiger partial charge in [0, 0.05) is 63.2 Å². The fraction of sp³-hybridized carbons (Fsp3) is 0.486. The first-order valence-electron chi connectivity index (χ1n) is 15.5. The Hall–Kier alpha value is -3.64.